The summed E-state index contributed by atoms with van der Waals surface area (Å²) < 4.78 is 13.7. The van der Waals surface area contributed by atoms with Crippen molar-refractivity contribution in [1.29, 1.82) is 0 Å². The monoisotopic (exact) mass is 450 g/mol. The van der Waals surface area contributed by atoms with Gasteiger partial charge in [0.2, 0.25) is 5.62 Å². The molecule has 1 amide bonds. The number of benzene rings is 1. The molecular weight excluding hydrogens is 420 g/mol. The van der Waals surface area contributed by atoms with Crippen molar-refractivity contribution in [3.05, 3.63) is 47.8 Å². The maximum Gasteiger partial charge on any atom is 0.281 e. The highest BCUT2D eigenvalue weighted by atomic mass is 16.5. The zero-order chi connectivity index (χ0) is 23.2. The van der Waals surface area contributed by atoms with Crippen LogP contribution in [0.2, 0.25) is 0 Å². The lowest BCUT2D eigenvalue weighted by Gasteiger charge is -2.18. The Morgan fingerprint density at radius 1 is 1.27 bits per heavy atom. The standard InChI is InChI=1S/C24H30N6O3/c1-4-29(5-2)13-7-15-33-19-10-9-18-20(21(19)32-3)27-24(30-14-12-26-22(18)30)28-23(31)17-8-6-11-25-16-17/h6,8-11,16,26H,4-5,7,12-15H2,1-3H3. The Morgan fingerprint density at radius 2 is 2.12 bits per heavy atom. The maximum atomic E-state index is 12.7. The summed E-state index contributed by atoms with van der Waals surface area (Å²) in [5, 5.41) is 4.28. The molecule has 0 atom stereocenters. The Morgan fingerprint density at radius 3 is 2.85 bits per heavy atom. The van der Waals surface area contributed by atoms with Crippen molar-refractivity contribution in [2.75, 3.05) is 45.2 Å². The van der Waals surface area contributed by atoms with Gasteiger partial charge in [-0.15, -0.1) is 0 Å². The normalized spacial score (nSPS) is 13.3. The predicted molar refractivity (Wildman–Crippen MR) is 127 cm³/mol. The van der Waals surface area contributed by atoms with Crippen molar-refractivity contribution in [3.63, 3.8) is 0 Å². The number of methoxy groups -OCH3 is 1. The fraction of sp³-hybridized carbons (Fsp3) is 0.417. The zero-order valence-electron chi connectivity index (χ0n) is 19.4. The number of ether oxygens (including phenoxy) is 2. The van der Waals surface area contributed by atoms with Crippen LogP contribution in [0.1, 0.15) is 30.6 Å². The predicted octanol–water partition coefficient (Wildman–Crippen LogP) is 2.72. The van der Waals surface area contributed by atoms with Crippen molar-refractivity contribution >= 4 is 22.6 Å². The highest BCUT2D eigenvalue weighted by molar-refractivity contribution is 5.96. The lowest BCUT2D eigenvalue weighted by atomic mass is 10.2. The van der Waals surface area contributed by atoms with E-state index < -0.39 is 0 Å². The minimum absolute atomic E-state index is 0.327. The van der Waals surface area contributed by atoms with Gasteiger partial charge in [0.1, 0.15) is 11.3 Å². The Labute approximate surface area is 193 Å². The van der Waals surface area contributed by atoms with E-state index >= 15 is 0 Å². The fourth-order valence-electron chi connectivity index (χ4n) is 4.00. The fourth-order valence-corrected chi connectivity index (χ4v) is 4.00. The SMILES string of the molecule is CCN(CC)CCCOc1ccc2c3n(c(=NC(=O)c4cccnc4)nc2c1OC)CCN3. The summed E-state index contributed by atoms with van der Waals surface area (Å²) >= 11 is 0. The largest absolute Gasteiger partial charge is 0.491 e. The van der Waals surface area contributed by atoms with E-state index in [4.69, 9.17) is 14.5 Å². The first-order valence-corrected chi connectivity index (χ1v) is 11.4. The molecule has 0 spiro atoms. The average molecular weight is 451 g/mol. The summed E-state index contributed by atoms with van der Waals surface area (Å²) in [5.74, 6) is 1.64. The van der Waals surface area contributed by atoms with Gasteiger partial charge in [0.05, 0.1) is 19.3 Å². The first-order chi connectivity index (χ1) is 16.2. The minimum atomic E-state index is -0.390. The van der Waals surface area contributed by atoms with E-state index in [2.05, 4.69) is 34.0 Å². The molecule has 0 bridgehead atoms. The van der Waals surface area contributed by atoms with Gasteiger partial charge in [-0.25, -0.2) is 4.98 Å². The van der Waals surface area contributed by atoms with E-state index in [-0.39, 0.29) is 5.91 Å². The van der Waals surface area contributed by atoms with E-state index in [9.17, 15) is 4.79 Å². The van der Waals surface area contributed by atoms with E-state index in [0.29, 0.717) is 41.3 Å². The molecule has 0 saturated carbocycles. The third-order valence-electron chi connectivity index (χ3n) is 5.79. The number of rotatable bonds is 9. The average Bonchev–Trinajstić information content (AvgIpc) is 3.35. The first-order valence-electron chi connectivity index (χ1n) is 11.4. The third kappa shape index (κ3) is 4.83. The van der Waals surface area contributed by atoms with Gasteiger partial charge in [0.15, 0.2) is 11.5 Å². The number of hydrogen-bond acceptors (Lipinski definition) is 7. The number of aromatic nitrogens is 3. The van der Waals surface area contributed by atoms with Crippen LogP contribution in [0.15, 0.2) is 41.7 Å². The Balaban J connectivity index is 1.69. The minimum Gasteiger partial charge on any atom is -0.491 e. The smallest absolute Gasteiger partial charge is 0.281 e. The molecule has 9 heteroatoms. The summed E-state index contributed by atoms with van der Waals surface area (Å²) in [6.45, 7) is 9.34. The summed E-state index contributed by atoms with van der Waals surface area (Å²) in [6, 6.07) is 7.29. The molecule has 3 aromatic rings. The van der Waals surface area contributed by atoms with Gasteiger partial charge in [0.25, 0.3) is 5.91 Å². The molecule has 0 aliphatic carbocycles. The van der Waals surface area contributed by atoms with Gasteiger partial charge in [-0.3, -0.25) is 14.3 Å². The highest BCUT2D eigenvalue weighted by Crippen LogP contribution is 2.37. The highest BCUT2D eigenvalue weighted by Gasteiger charge is 2.21. The maximum absolute atomic E-state index is 12.7. The number of carbonyl (C=O) groups is 1. The van der Waals surface area contributed by atoms with E-state index in [1.54, 1.807) is 25.4 Å². The molecule has 1 N–H and O–H groups in total. The molecule has 0 unspecified atom stereocenters. The molecule has 2 aromatic heterocycles. The summed E-state index contributed by atoms with van der Waals surface area (Å²) in [7, 11) is 1.60. The molecule has 33 heavy (non-hydrogen) atoms. The number of fused-ring (bicyclic) bond motifs is 3. The van der Waals surface area contributed by atoms with Crippen molar-refractivity contribution in [1.82, 2.24) is 19.4 Å². The van der Waals surface area contributed by atoms with Gasteiger partial charge < -0.3 is 19.7 Å². The van der Waals surface area contributed by atoms with Crippen LogP contribution in [0.3, 0.4) is 0 Å². The van der Waals surface area contributed by atoms with Crippen molar-refractivity contribution in [2.24, 2.45) is 4.99 Å². The van der Waals surface area contributed by atoms with Crippen LogP contribution >= 0.6 is 0 Å². The lowest BCUT2D eigenvalue weighted by molar-refractivity contribution is 0.0996. The van der Waals surface area contributed by atoms with Crippen LogP contribution in [0.25, 0.3) is 10.9 Å². The topological polar surface area (TPSA) is 93.9 Å². The molecule has 9 nitrogen and oxygen atoms in total. The number of carbonyl (C=O) groups excluding carboxylic acids is 1. The van der Waals surface area contributed by atoms with Gasteiger partial charge in [0, 0.05) is 37.4 Å². The number of anilines is 1. The van der Waals surface area contributed by atoms with E-state index in [1.807, 2.05) is 16.7 Å². The van der Waals surface area contributed by atoms with Crippen LogP contribution in [-0.2, 0) is 6.54 Å². The lowest BCUT2D eigenvalue weighted by Crippen LogP contribution is -2.25. The van der Waals surface area contributed by atoms with Gasteiger partial charge in [-0.05, 0) is 43.8 Å². The number of nitrogens with one attached hydrogen (secondary N) is 1. The number of pyridine rings is 1. The third-order valence-corrected chi connectivity index (χ3v) is 5.79. The second-order valence-electron chi connectivity index (χ2n) is 7.72. The van der Waals surface area contributed by atoms with Crippen LogP contribution < -0.4 is 20.4 Å². The molecular formula is C24H30N6O3. The summed E-state index contributed by atoms with van der Waals surface area (Å²) in [4.78, 5) is 28.1. The number of amides is 1. The van der Waals surface area contributed by atoms with Crippen molar-refractivity contribution < 1.29 is 14.3 Å². The molecule has 1 aromatic carbocycles. The molecule has 0 saturated heterocycles. The van der Waals surface area contributed by atoms with Crippen molar-refractivity contribution in [3.8, 4) is 11.5 Å². The van der Waals surface area contributed by atoms with Crippen LogP contribution in [0.4, 0.5) is 5.82 Å². The molecule has 1 aliphatic heterocycles. The van der Waals surface area contributed by atoms with E-state index in [1.165, 1.54) is 6.20 Å². The quantitative estimate of drug-likeness (QED) is 0.501. The molecule has 0 radical (unpaired) electrons. The molecule has 0 fully saturated rings. The van der Waals surface area contributed by atoms with Gasteiger partial charge in [-0.1, -0.05) is 13.8 Å². The number of nitrogens with zero attached hydrogens (tertiary/aromatic N) is 5. The summed E-state index contributed by atoms with van der Waals surface area (Å²) in [5.41, 5.74) is 1.35. The van der Waals surface area contributed by atoms with Gasteiger partial charge >= 0.3 is 0 Å². The second-order valence-corrected chi connectivity index (χ2v) is 7.72. The van der Waals surface area contributed by atoms with E-state index in [0.717, 1.165) is 43.8 Å². The molecule has 174 valence electrons. The van der Waals surface area contributed by atoms with Crippen LogP contribution in [-0.4, -0.2) is 65.2 Å². The number of hydrogen-bond donors (Lipinski definition) is 1. The molecule has 3 heterocycles. The summed E-state index contributed by atoms with van der Waals surface area (Å²) in [6.07, 6.45) is 4.04. The van der Waals surface area contributed by atoms with Crippen LogP contribution in [0.5, 0.6) is 11.5 Å². The molecule has 4 rings (SSSR count). The van der Waals surface area contributed by atoms with Gasteiger partial charge in [-0.2, -0.15) is 4.99 Å². The molecule has 1 aliphatic rings. The Hall–Kier alpha value is -3.46. The second kappa shape index (κ2) is 10.4. The van der Waals surface area contributed by atoms with Crippen molar-refractivity contribution in [2.45, 2.75) is 26.8 Å². The Bertz CT molecular complexity index is 1190. The van der Waals surface area contributed by atoms with Crippen LogP contribution in [0, 0.1) is 0 Å². The first kappa shape index (κ1) is 22.7. The Kier molecular flexibility index (Phi) is 7.19. The zero-order valence-corrected chi connectivity index (χ0v) is 19.4.